The molecule has 0 aliphatic carbocycles. The summed E-state index contributed by atoms with van der Waals surface area (Å²) in [6.45, 7) is 4.30. The Morgan fingerprint density at radius 1 is 1.44 bits per heavy atom. The maximum Gasteiger partial charge on any atom is 0.223 e. The van der Waals surface area contributed by atoms with Crippen LogP contribution in [0.1, 0.15) is 36.7 Å². The molecule has 0 fully saturated rings. The maximum atomic E-state index is 13.2. The number of nitrogens with zero attached hydrogens (tertiary/aromatic N) is 2. The summed E-state index contributed by atoms with van der Waals surface area (Å²) in [5.41, 5.74) is 0.928. The zero-order chi connectivity index (χ0) is 13.0. The largest absolute Gasteiger partial charge is 0.340 e. The molecule has 0 saturated carbocycles. The molecule has 0 spiro atoms. The normalized spacial score (nSPS) is 12.6. The van der Waals surface area contributed by atoms with Crippen molar-refractivity contribution in [3.63, 3.8) is 0 Å². The van der Waals surface area contributed by atoms with E-state index in [4.69, 9.17) is 4.52 Å². The van der Waals surface area contributed by atoms with Crippen LogP contribution in [0.4, 0.5) is 4.39 Å². The van der Waals surface area contributed by atoms with Crippen LogP contribution in [0.2, 0.25) is 0 Å². The van der Waals surface area contributed by atoms with Crippen LogP contribution in [0, 0.1) is 12.7 Å². The second-order valence-electron chi connectivity index (χ2n) is 4.13. The maximum absolute atomic E-state index is 13.2. The molecule has 0 aliphatic rings. The highest BCUT2D eigenvalue weighted by atomic mass is 19.1. The summed E-state index contributed by atoms with van der Waals surface area (Å²) >= 11 is 0. The van der Waals surface area contributed by atoms with Gasteiger partial charge >= 0.3 is 0 Å². The zero-order valence-corrected chi connectivity index (χ0v) is 10.5. The minimum atomic E-state index is -0.219. The van der Waals surface area contributed by atoms with E-state index in [0.29, 0.717) is 18.3 Å². The lowest BCUT2D eigenvalue weighted by molar-refractivity contribution is 0.382. The van der Waals surface area contributed by atoms with Gasteiger partial charge in [0.1, 0.15) is 5.82 Å². The number of hydrogen-bond donors (Lipinski definition) is 1. The summed E-state index contributed by atoms with van der Waals surface area (Å²) in [5, 5.41) is 7.10. The number of aryl methyl sites for hydroxylation is 1. The van der Waals surface area contributed by atoms with Gasteiger partial charge in [-0.25, -0.2) is 4.39 Å². The van der Waals surface area contributed by atoms with E-state index < -0.39 is 0 Å². The topological polar surface area (TPSA) is 51.0 Å². The van der Waals surface area contributed by atoms with Crippen molar-refractivity contribution >= 4 is 0 Å². The van der Waals surface area contributed by atoms with Crippen LogP contribution in [0.25, 0.3) is 0 Å². The number of hydrogen-bond acceptors (Lipinski definition) is 4. The molecule has 2 aromatic rings. The highest BCUT2D eigenvalue weighted by Gasteiger charge is 2.11. The monoisotopic (exact) mass is 249 g/mol. The van der Waals surface area contributed by atoms with Gasteiger partial charge in [0.05, 0.1) is 6.54 Å². The highest BCUT2D eigenvalue weighted by Crippen LogP contribution is 2.17. The molecule has 1 aromatic carbocycles. The molecule has 0 saturated heterocycles. The van der Waals surface area contributed by atoms with Gasteiger partial charge < -0.3 is 9.84 Å². The van der Waals surface area contributed by atoms with Crippen molar-refractivity contribution in [3.8, 4) is 0 Å². The summed E-state index contributed by atoms with van der Waals surface area (Å²) in [4.78, 5) is 4.11. The van der Waals surface area contributed by atoms with E-state index in [1.54, 1.807) is 19.1 Å². The van der Waals surface area contributed by atoms with E-state index in [1.807, 2.05) is 13.0 Å². The fourth-order valence-electron chi connectivity index (χ4n) is 1.85. The Balaban J connectivity index is 2.01. The quantitative estimate of drug-likeness (QED) is 0.885. The van der Waals surface area contributed by atoms with Gasteiger partial charge in [-0.3, -0.25) is 0 Å². The Morgan fingerprint density at radius 3 is 2.89 bits per heavy atom. The number of rotatable bonds is 5. The Kier molecular flexibility index (Phi) is 4.04. The molecular weight excluding hydrogens is 233 g/mol. The molecule has 0 aliphatic heterocycles. The van der Waals surface area contributed by atoms with E-state index in [0.717, 1.165) is 12.0 Å². The third kappa shape index (κ3) is 3.13. The molecule has 1 aromatic heterocycles. The average Bonchev–Trinajstić information content (AvgIpc) is 2.76. The summed E-state index contributed by atoms with van der Waals surface area (Å²) in [6, 6.07) is 6.69. The Hall–Kier alpha value is -1.75. The van der Waals surface area contributed by atoms with Gasteiger partial charge in [0.25, 0.3) is 0 Å². The van der Waals surface area contributed by atoms with E-state index in [1.165, 1.54) is 6.07 Å². The molecule has 0 bridgehead atoms. The minimum absolute atomic E-state index is 0.0829. The van der Waals surface area contributed by atoms with E-state index in [2.05, 4.69) is 15.5 Å². The van der Waals surface area contributed by atoms with E-state index >= 15 is 0 Å². The molecule has 1 heterocycles. The van der Waals surface area contributed by atoms with Crippen LogP contribution >= 0.6 is 0 Å². The predicted molar refractivity (Wildman–Crippen MR) is 65.3 cm³/mol. The third-order valence-corrected chi connectivity index (χ3v) is 2.74. The van der Waals surface area contributed by atoms with Crippen molar-refractivity contribution in [2.45, 2.75) is 32.9 Å². The van der Waals surface area contributed by atoms with Gasteiger partial charge in [-0.15, -0.1) is 0 Å². The Labute approximate surface area is 105 Å². The fourth-order valence-corrected chi connectivity index (χ4v) is 1.85. The second kappa shape index (κ2) is 5.73. The molecule has 1 atom stereocenters. The number of halogens is 1. The molecule has 18 heavy (non-hydrogen) atoms. The lowest BCUT2D eigenvalue weighted by atomic mass is 10.0. The van der Waals surface area contributed by atoms with Crippen LogP contribution in [-0.2, 0) is 6.54 Å². The van der Waals surface area contributed by atoms with Crippen LogP contribution in [-0.4, -0.2) is 10.1 Å². The lowest BCUT2D eigenvalue weighted by Gasteiger charge is -2.16. The fraction of sp³-hybridized carbons (Fsp3) is 0.385. The molecule has 1 N–H and O–H groups in total. The average molecular weight is 249 g/mol. The van der Waals surface area contributed by atoms with Crippen molar-refractivity contribution in [1.82, 2.24) is 15.5 Å². The summed E-state index contributed by atoms with van der Waals surface area (Å²) < 4.78 is 18.1. The first-order valence-corrected chi connectivity index (χ1v) is 5.97. The number of nitrogens with one attached hydrogen (secondary N) is 1. The minimum Gasteiger partial charge on any atom is -0.340 e. The van der Waals surface area contributed by atoms with Crippen LogP contribution in [0.15, 0.2) is 28.8 Å². The number of benzene rings is 1. The molecule has 96 valence electrons. The first-order valence-electron chi connectivity index (χ1n) is 5.97. The Morgan fingerprint density at radius 2 is 2.28 bits per heavy atom. The molecule has 4 nitrogen and oxygen atoms in total. The van der Waals surface area contributed by atoms with Crippen molar-refractivity contribution in [2.75, 3.05) is 0 Å². The smallest absolute Gasteiger partial charge is 0.223 e. The van der Waals surface area contributed by atoms with Crippen molar-refractivity contribution in [2.24, 2.45) is 0 Å². The lowest BCUT2D eigenvalue weighted by Crippen LogP contribution is -2.21. The predicted octanol–water partition coefficient (Wildman–Crippen LogP) is 2.76. The van der Waals surface area contributed by atoms with Gasteiger partial charge in [-0.1, -0.05) is 24.2 Å². The van der Waals surface area contributed by atoms with Gasteiger partial charge in [-0.2, -0.15) is 4.98 Å². The summed E-state index contributed by atoms with van der Waals surface area (Å²) in [6.07, 6.45) is 0.861. The molecule has 1 unspecified atom stereocenters. The second-order valence-corrected chi connectivity index (χ2v) is 4.13. The zero-order valence-electron chi connectivity index (χ0n) is 10.5. The molecule has 0 radical (unpaired) electrons. The molecule has 2 rings (SSSR count). The van der Waals surface area contributed by atoms with Crippen LogP contribution in [0.5, 0.6) is 0 Å². The first kappa shape index (κ1) is 12.7. The first-order chi connectivity index (χ1) is 8.69. The molecule has 5 heteroatoms. The summed E-state index contributed by atoms with van der Waals surface area (Å²) in [5.74, 6) is 0.941. The van der Waals surface area contributed by atoms with E-state index in [-0.39, 0.29) is 11.9 Å². The van der Waals surface area contributed by atoms with Crippen molar-refractivity contribution in [1.29, 1.82) is 0 Å². The standard InChI is InChI=1S/C13H16FN3O/c1-3-12(10-5-4-6-11(14)7-10)15-8-13-16-9(2)18-17-13/h4-7,12,15H,3,8H2,1-2H3. The van der Waals surface area contributed by atoms with Gasteiger partial charge in [0, 0.05) is 13.0 Å². The number of aromatic nitrogens is 2. The van der Waals surface area contributed by atoms with Crippen LogP contribution in [0.3, 0.4) is 0 Å². The molecular formula is C13H16FN3O. The van der Waals surface area contributed by atoms with Gasteiger partial charge in [0.2, 0.25) is 5.89 Å². The third-order valence-electron chi connectivity index (χ3n) is 2.74. The van der Waals surface area contributed by atoms with Gasteiger partial charge in [0.15, 0.2) is 5.82 Å². The van der Waals surface area contributed by atoms with Gasteiger partial charge in [-0.05, 0) is 24.1 Å². The van der Waals surface area contributed by atoms with Crippen molar-refractivity contribution < 1.29 is 8.91 Å². The highest BCUT2D eigenvalue weighted by molar-refractivity contribution is 5.20. The van der Waals surface area contributed by atoms with Crippen LogP contribution < -0.4 is 5.32 Å². The van der Waals surface area contributed by atoms with Crippen molar-refractivity contribution in [3.05, 3.63) is 47.4 Å². The SMILES string of the molecule is CCC(NCc1noc(C)n1)c1cccc(F)c1. The summed E-state index contributed by atoms with van der Waals surface area (Å²) in [7, 11) is 0. The Bertz CT molecular complexity index is 512. The molecule has 0 amide bonds. The van der Waals surface area contributed by atoms with E-state index in [9.17, 15) is 4.39 Å².